The maximum Gasteiger partial charge on any atom is 0.236 e. The van der Waals surface area contributed by atoms with Crippen molar-refractivity contribution in [1.82, 2.24) is 14.5 Å². The number of para-hydroxylation sites is 1. The van der Waals surface area contributed by atoms with Crippen molar-refractivity contribution in [1.29, 1.82) is 0 Å². The summed E-state index contributed by atoms with van der Waals surface area (Å²) in [5.74, 6) is -0.330. The minimum atomic E-state index is -1.50. The summed E-state index contributed by atoms with van der Waals surface area (Å²) < 4.78 is 29.0. The average Bonchev–Trinajstić information content (AvgIpc) is 3.44. The number of aliphatic hydroxyl groups excluding tert-OH is 1. The molecule has 11 heteroatoms. The molecule has 0 saturated carbocycles. The van der Waals surface area contributed by atoms with E-state index in [0.717, 1.165) is 48.8 Å². The maximum atomic E-state index is 13.6. The summed E-state index contributed by atoms with van der Waals surface area (Å²) in [4.78, 5) is 24.7. The lowest BCUT2D eigenvalue weighted by molar-refractivity contribution is -0.118. The molecular weight excluding hydrogens is 669 g/mol. The zero-order chi connectivity index (χ0) is 36.2. The Kier molecular flexibility index (Phi) is 20.6. The molecule has 0 bridgehead atoms. The molecule has 4 aromatic rings. The Balaban J connectivity index is 0.000000511. The molecule has 0 aliphatic heterocycles. The lowest BCUT2D eigenvalue weighted by Crippen LogP contribution is -2.26. The molecule has 1 heterocycles. The largest absolute Gasteiger partial charge is 0.400 e. The number of Topliss-reactive ketones (excluding diaryl/α,β-unsaturated/α-hetero) is 1. The van der Waals surface area contributed by atoms with Crippen LogP contribution in [0.15, 0.2) is 72.8 Å². The summed E-state index contributed by atoms with van der Waals surface area (Å²) in [7, 11) is -0.503. The van der Waals surface area contributed by atoms with E-state index in [1.54, 1.807) is 35.2 Å². The zero-order valence-electron chi connectivity index (χ0n) is 28.9. The molecule has 0 radical (unpaired) electrons. The Morgan fingerprint density at radius 1 is 0.979 bits per heavy atom. The molecule has 2 atom stereocenters. The fourth-order valence-corrected chi connectivity index (χ4v) is 5.72. The Morgan fingerprint density at radius 2 is 1.58 bits per heavy atom. The number of carbonyl (C=O) groups is 2. The quantitative estimate of drug-likeness (QED) is 0.101. The molecule has 1 amide bonds. The highest BCUT2D eigenvalue weighted by molar-refractivity contribution is 7.82. The first-order chi connectivity index (χ1) is 23.1. The minimum absolute atomic E-state index is 0.0351. The number of thiol groups is 1. The standard InChI is InChI=1S/C21H20ClN3O3S.C14H21F.CH4O.CH4S/c1-13-6-4-5-7-18(13)25-21(15-8-10-16(22)11-9-15)17(20(23-25)14(2)26)12-19(27)24-29(3)28;1-3-5-9-12(8-4-2)13-10-6-7-11-14(13)15;2*1-2/h4-11H,12H2,1-3H3,(H,24,27);6-7,10-12H,3-5,8-9H2,1-2H3;2*2H,1H3. The van der Waals surface area contributed by atoms with Crippen LogP contribution in [-0.2, 0) is 22.2 Å². The topological polar surface area (TPSA) is 101 Å². The van der Waals surface area contributed by atoms with Crippen LogP contribution in [0.25, 0.3) is 16.9 Å². The molecule has 0 spiro atoms. The molecule has 1 aromatic heterocycles. The van der Waals surface area contributed by atoms with E-state index in [4.69, 9.17) is 16.7 Å². The molecule has 48 heavy (non-hydrogen) atoms. The van der Waals surface area contributed by atoms with Gasteiger partial charge in [-0.2, -0.15) is 17.7 Å². The molecule has 3 aromatic carbocycles. The van der Waals surface area contributed by atoms with Crippen molar-refractivity contribution in [3.8, 4) is 16.9 Å². The predicted octanol–water partition coefficient (Wildman–Crippen LogP) is 8.71. The van der Waals surface area contributed by atoms with Crippen LogP contribution in [0.1, 0.15) is 86.0 Å². The first-order valence-electron chi connectivity index (χ1n) is 15.8. The van der Waals surface area contributed by atoms with Crippen LogP contribution in [0, 0.1) is 12.7 Å². The van der Waals surface area contributed by atoms with E-state index < -0.39 is 16.9 Å². The van der Waals surface area contributed by atoms with E-state index in [1.165, 1.54) is 26.0 Å². The van der Waals surface area contributed by atoms with Gasteiger partial charge in [0.15, 0.2) is 5.78 Å². The van der Waals surface area contributed by atoms with E-state index in [9.17, 15) is 18.2 Å². The number of carbonyl (C=O) groups excluding carboxylic acids is 2. The molecule has 7 nitrogen and oxygen atoms in total. The number of amides is 1. The second-order valence-electron chi connectivity index (χ2n) is 10.7. The number of nitrogens with one attached hydrogen (secondary N) is 1. The highest BCUT2D eigenvalue weighted by Gasteiger charge is 2.25. The number of ketones is 1. The van der Waals surface area contributed by atoms with Crippen molar-refractivity contribution in [2.24, 2.45) is 0 Å². The number of aliphatic hydroxyl groups is 1. The van der Waals surface area contributed by atoms with Gasteiger partial charge in [-0.15, -0.1) is 0 Å². The van der Waals surface area contributed by atoms with Crippen LogP contribution >= 0.6 is 24.2 Å². The van der Waals surface area contributed by atoms with Crippen LogP contribution in [0.3, 0.4) is 0 Å². The lowest BCUT2D eigenvalue weighted by Gasteiger charge is -2.16. The van der Waals surface area contributed by atoms with E-state index in [-0.39, 0.29) is 23.7 Å². The monoisotopic (exact) mass is 717 g/mol. The predicted molar refractivity (Wildman–Crippen MR) is 201 cm³/mol. The van der Waals surface area contributed by atoms with Crippen molar-refractivity contribution in [2.75, 3.05) is 19.6 Å². The molecule has 0 fully saturated rings. The highest BCUT2D eigenvalue weighted by atomic mass is 35.5. The van der Waals surface area contributed by atoms with Gasteiger partial charge in [0.1, 0.15) is 22.5 Å². The molecular formula is C37H49ClFN3O4S2. The summed E-state index contributed by atoms with van der Waals surface area (Å²) in [6, 6.07) is 22.0. The number of aryl methyl sites for hydroxylation is 1. The van der Waals surface area contributed by atoms with Crippen molar-refractivity contribution < 1.29 is 23.3 Å². The Labute approximate surface area is 298 Å². The lowest BCUT2D eigenvalue weighted by atomic mass is 9.89. The third kappa shape index (κ3) is 13.0. The van der Waals surface area contributed by atoms with Crippen molar-refractivity contribution >= 4 is 46.9 Å². The zero-order valence-corrected chi connectivity index (χ0v) is 31.4. The number of benzene rings is 3. The Hall–Kier alpha value is -3.31. The maximum absolute atomic E-state index is 13.6. The smallest absolute Gasteiger partial charge is 0.236 e. The van der Waals surface area contributed by atoms with Gasteiger partial charge in [-0.1, -0.05) is 93.2 Å². The molecule has 2 unspecified atom stereocenters. The second kappa shape index (κ2) is 23.1. The van der Waals surface area contributed by atoms with Gasteiger partial charge >= 0.3 is 0 Å². The average molecular weight is 718 g/mol. The van der Waals surface area contributed by atoms with Gasteiger partial charge in [-0.05, 0) is 67.3 Å². The number of nitrogens with zero attached hydrogens (tertiary/aromatic N) is 2. The van der Waals surface area contributed by atoms with E-state index in [2.05, 4.69) is 36.3 Å². The fraction of sp³-hybridized carbons (Fsp3) is 0.378. The van der Waals surface area contributed by atoms with Gasteiger partial charge in [0, 0.05) is 36.4 Å². The summed E-state index contributed by atoms with van der Waals surface area (Å²) >= 11 is 9.57. The van der Waals surface area contributed by atoms with Gasteiger partial charge in [-0.3, -0.25) is 14.3 Å². The summed E-state index contributed by atoms with van der Waals surface area (Å²) in [5, 5.41) is 12.1. The summed E-state index contributed by atoms with van der Waals surface area (Å²) in [6.07, 6.45) is 8.67. The van der Waals surface area contributed by atoms with Crippen molar-refractivity contribution in [3.63, 3.8) is 0 Å². The van der Waals surface area contributed by atoms with Crippen LogP contribution in [-0.4, -0.2) is 50.4 Å². The summed E-state index contributed by atoms with van der Waals surface area (Å²) in [6.45, 7) is 7.71. The third-order valence-corrected chi connectivity index (χ3v) is 8.03. The van der Waals surface area contributed by atoms with Crippen LogP contribution < -0.4 is 4.72 Å². The van der Waals surface area contributed by atoms with Gasteiger partial charge in [0.25, 0.3) is 0 Å². The number of unbranched alkanes of at least 4 members (excludes halogenated alkanes) is 1. The minimum Gasteiger partial charge on any atom is -0.400 e. The number of aromatic nitrogens is 2. The molecule has 2 N–H and O–H groups in total. The van der Waals surface area contributed by atoms with Gasteiger partial charge in [0.2, 0.25) is 5.91 Å². The second-order valence-corrected chi connectivity index (χ2v) is 12.3. The van der Waals surface area contributed by atoms with Crippen molar-refractivity contribution in [3.05, 3.63) is 106 Å². The van der Waals surface area contributed by atoms with E-state index >= 15 is 0 Å². The number of hydrogen-bond acceptors (Lipinski definition) is 6. The van der Waals surface area contributed by atoms with Gasteiger partial charge in [0.05, 0.1) is 17.8 Å². The van der Waals surface area contributed by atoms with Crippen LogP contribution in [0.4, 0.5) is 4.39 Å². The fourth-order valence-electron chi connectivity index (χ4n) is 5.20. The van der Waals surface area contributed by atoms with Crippen molar-refractivity contribution in [2.45, 2.75) is 72.1 Å². The molecule has 0 aliphatic rings. The Bertz CT molecular complexity index is 1600. The first-order valence-corrected chi connectivity index (χ1v) is 18.6. The van der Waals surface area contributed by atoms with E-state index in [0.29, 0.717) is 22.2 Å². The first kappa shape index (κ1) is 42.7. The molecule has 0 aliphatic carbocycles. The SMILES string of the molecule is CC(=O)c1nn(-c2ccccc2C)c(-c2ccc(Cl)cc2)c1CC(=O)NS(C)=O.CCCCC(CCC)c1ccccc1F.CO.CS. The van der Waals surface area contributed by atoms with Gasteiger partial charge < -0.3 is 5.11 Å². The highest BCUT2D eigenvalue weighted by Crippen LogP contribution is 2.32. The Morgan fingerprint density at radius 3 is 2.12 bits per heavy atom. The molecule has 4 rings (SSSR count). The molecule has 262 valence electrons. The number of rotatable bonds is 12. The number of hydrogen-bond donors (Lipinski definition) is 3. The van der Waals surface area contributed by atoms with E-state index in [1.807, 2.05) is 55.5 Å². The van der Waals surface area contributed by atoms with Gasteiger partial charge in [-0.25, -0.2) is 13.3 Å². The van der Waals surface area contributed by atoms with Crippen LogP contribution in [0.2, 0.25) is 5.02 Å². The third-order valence-electron chi connectivity index (χ3n) is 7.26. The normalized spacial score (nSPS) is 11.4. The molecule has 0 saturated heterocycles. The van der Waals surface area contributed by atoms with Crippen LogP contribution in [0.5, 0.6) is 0 Å². The summed E-state index contributed by atoms with van der Waals surface area (Å²) in [5.41, 5.74) is 4.74. The number of halogens is 2.